The molecule has 0 aliphatic rings. The van der Waals surface area contributed by atoms with Gasteiger partial charge in [-0.25, -0.2) is 0 Å². The Balaban J connectivity index is 2.24. The summed E-state index contributed by atoms with van der Waals surface area (Å²) in [5.74, 6) is 0. The first kappa shape index (κ1) is 11.2. The van der Waals surface area contributed by atoms with Crippen molar-refractivity contribution in [2.24, 2.45) is 5.73 Å². The topological polar surface area (TPSA) is 38.9 Å². The van der Waals surface area contributed by atoms with Gasteiger partial charge in [-0.2, -0.15) is 0 Å². The fourth-order valence-corrected chi connectivity index (χ4v) is 1.97. The molecule has 0 saturated carbocycles. The van der Waals surface area contributed by atoms with Gasteiger partial charge in [0.15, 0.2) is 0 Å². The Morgan fingerprint density at radius 2 is 1.88 bits per heavy atom. The molecule has 1 heterocycles. The van der Waals surface area contributed by atoms with Crippen molar-refractivity contribution in [3.63, 3.8) is 0 Å². The maximum absolute atomic E-state index is 6.16. The Bertz CT molecular complexity index is 439. The molecule has 0 fully saturated rings. The highest BCUT2D eigenvalue weighted by Crippen LogP contribution is 2.21. The van der Waals surface area contributed by atoms with Gasteiger partial charge in [0.25, 0.3) is 0 Å². The summed E-state index contributed by atoms with van der Waals surface area (Å²) < 4.78 is 0. The van der Waals surface area contributed by atoms with Gasteiger partial charge in [-0.3, -0.25) is 4.98 Å². The monoisotopic (exact) mass is 230 g/mol. The van der Waals surface area contributed by atoms with Crippen LogP contribution in [0.4, 0.5) is 0 Å². The Morgan fingerprint density at radius 3 is 2.44 bits per heavy atom. The lowest BCUT2D eigenvalue weighted by molar-refractivity contribution is 0.861. The number of hydrogen-bond acceptors (Lipinski definition) is 3. The van der Waals surface area contributed by atoms with Gasteiger partial charge in [0.1, 0.15) is 0 Å². The fourth-order valence-electron chi connectivity index (χ4n) is 1.56. The smallest absolute Gasteiger partial charge is 0.0566 e. The molecule has 3 heteroatoms. The number of pyridine rings is 1. The zero-order valence-electron chi connectivity index (χ0n) is 9.13. The van der Waals surface area contributed by atoms with E-state index in [1.165, 1.54) is 4.90 Å². The first-order chi connectivity index (χ1) is 7.81. The highest BCUT2D eigenvalue weighted by atomic mass is 32.2. The lowest BCUT2D eigenvalue weighted by Crippen LogP contribution is -2.11. The summed E-state index contributed by atoms with van der Waals surface area (Å²) in [7, 11) is 0. The Labute approximate surface area is 99.9 Å². The zero-order chi connectivity index (χ0) is 11.4. The van der Waals surface area contributed by atoms with Gasteiger partial charge in [0.05, 0.1) is 6.04 Å². The minimum atomic E-state index is -0.0930. The lowest BCUT2D eigenvalue weighted by atomic mass is 10.0. The quantitative estimate of drug-likeness (QED) is 0.824. The van der Waals surface area contributed by atoms with Crippen LogP contribution < -0.4 is 5.73 Å². The van der Waals surface area contributed by atoms with E-state index in [0.717, 1.165) is 11.1 Å². The molecule has 0 aliphatic heterocycles. The van der Waals surface area contributed by atoms with E-state index in [0.29, 0.717) is 0 Å². The van der Waals surface area contributed by atoms with E-state index >= 15 is 0 Å². The maximum atomic E-state index is 6.16. The van der Waals surface area contributed by atoms with E-state index < -0.39 is 0 Å². The van der Waals surface area contributed by atoms with Gasteiger partial charge in [-0.05, 0) is 35.6 Å². The Hall–Kier alpha value is -1.32. The summed E-state index contributed by atoms with van der Waals surface area (Å²) in [5, 5.41) is 0. The van der Waals surface area contributed by atoms with Crippen molar-refractivity contribution in [1.82, 2.24) is 4.98 Å². The van der Waals surface area contributed by atoms with Crippen LogP contribution in [0.15, 0.2) is 53.7 Å². The number of benzene rings is 1. The van der Waals surface area contributed by atoms with E-state index in [1.54, 1.807) is 18.0 Å². The molecule has 0 saturated heterocycles. The number of rotatable bonds is 3. The molecule has 2 rings (SSSR count). The first-order valence-electron chi connectivity index (χ1n) is 5.10. The summed E-state index contributed by atoms with van der Waals surface area (Å²) >= 11 is 1.73. The molecule has 0 radical (unpaired) electrons. The van der Waals surface area contributed by atoms with Crippen molar-refractivity contribution in [3.05, 3.63) is 59.9 Å². The van der Waals surface area contributed by atoms with Crippen molar-refractivity contribution in [1.29, 1.82) is 0 Å². The molecule has 16 heavy (non-hydrogen) atoms. The standard InChI is InChI=1S/C13H14N2S/c1-16-12-6-4-10(5-7-12)13(14)11-3-2-8-15-9-11/h2-9,13H,14H2,1H3. The molecule has 1 unspecified atom stereocenters. The average Bonchev–Trinajstić information content (AvgIpc) is 2.39. The molecular weight excluding hydrogens is 216 g/mol. The van der Waals surface area contributed by atoms with Crippen LogP contribution in [0.5, 0.6) is 0 Å². The van der Waals surface area contributed by atoms with Crippen molar-refractivity contribution in [2.45, 2.75) is 10.9 Å². The number of nitrogens with zero attached hydrogens (tertiary/aromatic N) is 1. The largest absolute Gasteiger partial charge is 0.320 e. The predicted octanol–water partition coefficient (Wildman–Crippen LogP) is 2.85. The normalized spacial score (nSPS) is 12.4. The van der Waals surface area contributed by atoms with Crippen LogP contribution in [-0.4, -0.2) is 11.2 Å². The third-order valence-corrected chi connectivity index (χ3v) is 3.26. The van der Waals surface area contributed by atoms with Gasteiger partial charge in [0, 0.05) is 17.3 Å². The maximum Gasteiger partial charge on any atom is 0.0566 e. The molecule has 82 valence electrons. The summed E-state index contributed by atoms with van der Waals surface area (Å²) in [6.07, 6.45) is 5.64. The van der Waals surface area contributed by atoms with E-state index in [9.17, 15) is 0 Å². The van der Waals surface area contributed by atoms with Crippen LogP contribution in [-0.2, 0) is 0 Å². The van der Waals surface area contributed by atoms with Gasteiger partial charge in [-0.15, -0.1) is 11.8 Å². The van der Waals surface area contributed by atoms with Gasteiger partial charge in [-0.1, -0.05) is 18.2 Å². The number of nitrogens with two attached hydrogens (primary N) is 1. The molecule has 0 spiro atoms. The molecule has 0 aliphatic carbocycles. The zero-order valence-corrected chi connectivity index (χ0v) is 9.95. The molecule has 0 bridgehead atoms. The van der Waals surface area contributed by atoms with Crippen molar-refractivity contribution >= 4 is 11.8 Å². The highest BCUT2D eigenvalue weighted by molar-refractivity contribution is 7.98. The van der Waals surface area contributed by atoms with Crippen LogP contribution in [0.3, 0.4) is 0 Å². The van der Waals surface area contributed by atoms with Crippen LogP contribution in [0.1, 0.15) is 17.2 Å². The molecule has 2 N–H and O–H groups in total. The molecule has 0 amide bonds. The van der Waals surface area contributed by atoms with E-state index in [-0.39, 0.29) is 6.04 Å². The minimum absolute atomic E-state index is 0.0930. The van der Waals surface area contributed by atoms with Crippen molar-refractivity contribution in [3.8, 4) is 0 Å². The Morgan fingerprint density at radius 1 is 1.12 bits per heavy atom. The van der Waals surface area contributed by atoms with Gasteiger partial charge in [0.2, 0.25) is 0 Å². The molecular formula is C13H14N2S. The minimum Gasteiger partial charge on any atom is -0.320 e. The van der Waals surface area contributed by atoms with E-state index in [1.807, 2.05) is 18.3 Å². The predicted molar refractivity (Wildman–Crippen MR) is 68.5 cm³/mol. The number of hydrogen-bond donors (Lipinski definition) is 1. The van der Waals surface area contributed by atoms with Crippen LogP contribution in [0.2, 0.25) is 0 Å². The number of thioether (sulfide) groups is 1. The average molecular weight is 230 g/mol. The van der Waals surface area contributed by atoms with Crippen LogP contribution >= 0.6 is 11.8 Å². The fraction of sp³-hybridized carbons (Fsp3) is 0.154. The Kier molecular flexibility index (Phi) is 3.59. The van der Waals surface area contributed by atoms with Crippen LogP contribution in [0.25, 0.3) is 0 Å². The molecule has 2 aromatic rings. The first-order valence-corrected chi connectivity index (χ1v) is 6.33. The van der Waals surface area contributed by atoms with Crippen LogP contribution in [0, 0.1) is 0 Å². The second-order valence-corrected chi connectivity index (χ2v) is 4.42. The van der Waals surface area contributed by atoms with Gasteiger partial charge < -0.3 is 5.73 Å². The summed E-state index contributed by atoms with van der Waals surface area (Å²) in [6, 6.07) is 12.1. The van der Waals surface area contributed by atoms with Gasteiger partial charge >= 0.3 is 0 Å². The SMILES string of the molecule is CSc1ccc(C(N)c2cccnc2)cc1. The summed E-state index contributed by atoms with van der Waals surface area (Å²) in [6.45, 7) is 0. The molecule has 1 atom stereocenters. The molecule has 1 aromatic heterocycles. The van der Waals surface area contributed by atoms with Crippen molar-refractivity contribution < 1.29 is 0 Å². The van der Waals surface area contributed by atoms with E-state index in [4.69, 9.17) is 5.73 Å². The summed E-state index contributed by atoms with van der Waals surface area (Å²) in [5.41, 5.74) is 8.32. The third-order valence-electron chi connectivity index (χ3n) is 2.52. The second-order valence-electron chi connectivity index (χ2n) is 3.54. The number of aromatic nitrogens is 1. The second kappa shape index (κ2) is 5.14. The molecule has 2 nitrogen and oxygen atoms in total. The molecule has 1 aromatic carbocycles. The summed E-state index contributed by atoms with van der Waals surface area (Å²) in [4.78, 5) is 5.33. The third kappa shape index (κ3) is 2.43. The van der Waals surface area contributed by atoms with Crippen molar-refractivity contribution in [2.75, 3.05) is 6.26 Å². The van der Waals surface area contributed by atoms with E-state index in [2.05, 4.69) is 35.5 Å². The highest BCUT2D eigenvalue weighted by Gasteiger charge is 2.08. The lowest BCUT2D eigenvalue weighted by Gasteiger charge is -2.12.